The minimum absolute atomic E-state index is 0.0542. The standard InChI is InChI=1S/C14H27NO/c1-4-6-11(2)12(3)15-10-13-7-5-8-14(16)9-13/h4,11-16H,1,5-10H2,2-3H3. The van der Waals surface area contributed by atoms with Crippen molar-refractivity contribution >= 4 is 0 Å². The average Bonchev–Trinajstić information content (AvgIpc) is 2.26. The van der Waals surface area contributed by atoms with Crippen molar-refractivity contribution in [2.24, 2.45) is 11.8 Å². The zero-order valence-electron chi connectivity index (χ0n) is 10.8. The van der Waals surface area contributed by atoms with E-state index in [9.17, 15) is 5.11 Å². The highest BCUT2D eigenvalue weighted by Crippen LogP contribution is 2.23. The predicted molar refractivity (Wildman–Crippen MR) is 69.4 cm³/mol. The minimum Gasteiger partial charge on any atom is -0.393 e. The van der Waals surface area contributed by atoms with E-state index < -0.39 is 0 Å². The Bertz CT molecular complexity index is 205. The molecule has 0 amide bonds. The van der Waals surface area contributed by atoms with Gasteiger partial charge in [-0.2, -0.15) is 0 Å². The van der Waals surface area contributed by atoms with Crippen molar-refractivity contribution in [2.45, 2.75) is 58.1 Å². The molecule has 0 saturated heterocycles. The predicted octanol–water partition coefficient (Wildman–Crippen LogP) is 2.73. The SMILES string of the molecule is C=CCC(C)C(C)NCC1CCCC(O)C1. The maximum Gasteiger partial charge on any atom is 0.0543 e. The fraction of sp³-hybridized carbons (Fsp3) is 0.857. The highest BCUT2D eigenvalue weighted by Gasteiger charge is 2.21. The fourth-order valence-corrected chi connectivity index (χ4v) is 2.47. The molecule has 1 rings (SSSR count). The lowest BCUT2D eigenvalue weighted by Gasteiger charge is -2.28. The summed E-state index contributed by atoms with van der Waals surface area (Å²) in [6.45, 7) is 9.34. The van der Waals surface area contributed by atoms with Crippen LogP contribution in [0.25, 0.3) is 0 Å². The highest BCUT2D eigenvalue weighted by molar-refractivity contribution is 4.79. The molecular weight excluding hydrogens is 198 g/mol. The van der Waals surface area contributed by atoms with Crippen molar-refractivity contribution in [3.8, 4) is 0 Å². The molecule has 0 heterocycles. The molecule has 0 aromatic heterocycles. The molecule has 1 saturated carbocycles. The number of aliphatic hydroxyl groups is 1. The van der Waals surface area contributed by atoms with Crippen LogP contribution in [0.2, 0.25) is 0 Å². The molecule has 1 aliphatic rings. The maximum atomic E-state index is 9.60. The molecule has 0 aromatic rings. The maximum absolute atomic E-state index is 9.60. The van der Waals surface area contributed by atoms with E-state index in [1.54, 1.807) is 0 Å². The first kappa shape index (κ1) is 13.7. The Morgan fingerprint density at radius 1 is 1.44 bits per heavy atom. The van der Waals surface area contributed by atoms with Crippen LogP contribution in [0.15, 0.2) is 12.7 Å². The first-order valence-electron chi connectivity index (χ1n) is 6.65. The normalized spacial score (nSPS) is 29.7. The van der Waals surface area contributed by atoms with Gasteiger partial charge < -0.3 is 10.4 Å². The monoisotopic (exact) mass is 225 g/mol. The Morgan fingerprint density at radius 2 is 2.19 bits per heavy atom. The van der Waals surface area contributed by atoms with Crippen LogP contribution in [-0.2, 0) is 0 Å². The van der Waals surface area contributed by atoms with Gasteiger partial charge in [-0.05, 0) is 51.0 Å². The summed E-state index contributed by atoms with van der Waals surface area (Å²) in [6.07, 6.45) is 7.45. The largest absolute Gasteiger partial charge is 0.393 e. The van der Waals surface area contributed by atoms with E-state index in [2.05, 4.69) is 25.7 Å². The molecule has 4 unspecified atom stereocenters. The molecule has 2 N–H and O–H groups in total. The molecule has 0 radical (unpaired) electrons. The lowest BCUT2D eigenvalue weighted by atomic mass is 9.87. The molecule has 0 spiro atoms. The average molecular weight is 225 g/mol. The van der Waals surface area contributed by atoms with Crippen molar-refractivity contribution in [1.82, 2.24) is 5.32 Å². The fourth-order valence-electron chi connectivity index (χ4n) is 2.47. The number of nitrogens with one attached hydrogen (secondary N) is 1. The summed E-state index contributed by atoms with van der Waals surface area (Å²) in [5, 5.41) is 13.2. The van der Waals surface area contributed by atoms with E-state index in [0.717, 1.165) is 25.8 Å². The van der Waals surface area contributed by atoms with E-state index in [4.69, 9.17) is 0 Å². The van der Waals surface area contributed by atoms with Crippen LogP contribution in [0.3, 0.4) is 0 Å². The van der Waals surface area contributed by atoms with Crippen LogP contribution in [0.5, 0.6) is 0 Å². The molecule has 1 aliphatic carbocycles. The molecule has 2 heteroatoms. The summed E-state index contributed by atoms with van der Waals surface area (Å²) in [5.41, 5.74) is 0. The molecule has 16 heavy (non-hydrogen) atoms. The van der Waals surface area contributed by atoms with Gasteiger partial charge in [0.1, 0.15) is 0 Å². The second-order valence-corrected chi connectivity index (χ2v) is 5.39. The van der Waals surface area contributed by atoms with E-state index in [1.807, 2.05) is 6.08 Å². The van der Waals surface area contributed by atoms with Gasteiger partial charge in [0.15, 0.2) is 0 Å². The second-order valence-electron chi connectivity index (χ2n) is 5.39. The molecule has 4 atom stereocenters. The summed E-state index contributed by atoms with van der Waals surface area (Å²) >= 11 is 0. The van der Waals surface area contributed by atoms with Crippen molar-refractivity contribution < 1.29 is 5.11 Å². The van der Waals surface area contributed by atoms with Gasteiger partial charge in [0.2, 0.25) is 0 Å². The Hall–Kier alpha value is -0.340. The molecule has 2 nitrogen and oxygen atoms in total. The van der Waals surface area contributed by atoms with Gasteiger partial charge in [0.05, 0.1) is 6.10 Å². The topological polar surface area (TPSA) is 32.3 Å². The van der Waals surface area contributed by atoms with Crippen LogP contribution < -0.4 is 5.32 Å². The van der Waals surface area contributed by atoms with E-state index >= 15 is 0 Å². The Balaban J connectivity index is 2.20. The summed E-state index contributed by atoms with van der Waals surface area (Å²) in [4.78, 5) is 0. The smallest absolute Gasteiger partial charge is 0.0543 e. The molecule has 1 fully saturated rings. The van der Waals surface area contributed by atoms with Crippen LogP contribution in [0.4, 0.5) is 0 Å². The van der Waals surface area contributed by atoms with Gasteiger partial charge in [-0.3, -0.25) is 0 Å². The van der Waals surface area contributed by atoms with Crippen LogP contribution in [0.1, 0.15) is 46.0 Å². The first-order valence-corrected chi connectivity index (χ1v) is 6.65. The number of rotatable bonds is 6. The lowest BCUT2D eigenvalue weighted by Crippen LogP contribution is -2.37. The molecule has 0 aromatic carbocycles. The number of hydrogen-bond acceptors (Lipinski definition) is 2. The van der Waals surface area contributed by atoms with Gasteiger partial charge >= 0.3 is 0 Å². The summed E-state index contributed by atoms with van der Waals surface area (Å²) < 4.78 is 0. The van der Waals surface area contributed by atoms with Gasteiger partial charge in [-0.25, -0.2) is 0 Å². The molecule has 0 bridgehead atoms. The third kappa shape index (κ3) is 4.67. The van der Waals surface area contributed by atoms with Gasteiger partial charge in [-0.1, -0.05) is 19.4 Å². The van der Waals surface area contributed by atoms with Gasteiger partial charge in [0, 0.05) is 6.04 Å². The number of aliphatic hydroxyl groups excluding tert-OH is 1. The lowest BCUT2D eigenvalue weighted by molar-refractivity contribution is 0.0991. The highest BCUT2D eigenvalue weighted by atomic mass is 16.3. The quantitative estimate of drug-likeness (QED) is 0.681. The van der Waals surface area contributed by atoms with Crippen LogP contribution >= 0.6 is 0 Å². The van der Waals surface area contributed by atoms with Crippen LogP contribution in [-0.4, -0.2) is 23.8 Å². The minimum atomic E-state index is -0.0542. The van der Waals surface area contributed by atoms with Gasteiger partial charge in [-0.15, -0.1) is 6.58 Å². The van der Waals surface area contributed by atoms with Crippen molar-refractivity contribution in [2.75, 3.05) is 6.54 Å². The van der Waals surface area contributed by atoms with Gasteiger partial charge in [0.25, 0.3) is 0 Å². The first-order chi connectivity index (χ1) is 7.63. The van der Waals surface area contributed by atoms with E-state index in [-0.39, 0.29) is 6.10 Å². The van der Waals surface area contributed by atoms with Crippen LogP contribution in [0, 0.1) is 11.8 Å². The summed E-state index contributed by atoms with van der Waals surface area (Å²) in [5.74, 6) is 1.31. The third-order valence-corrected chi connectivity index (χ3v) is 3.88. The summed E-state index contributed by atoms with van der Waals surface area (Å²) in [6, 6.07) is 0.539. The molecule has 0 aliphatic heterocycles. The zero-order chi connectivity index (χ0) is 12.0. The molecular formula is C14H27NO. The number of hydrogen-bond donors (Lipinski definition) is 2. The third-order valence-electron chi connectivity index (χ3n) is 3.88. The Morgan fingerprint density at radius 3 is 2.81 bits per heavy atom. The summed E-state index contributed by atoms with van der Waals surface area (Å²) in [7, 11) is 0. The van der Waals surface area contributed by atoms with Crippen molar-refractivity contribution in [1.29, 1.82) is 0 Å². The Labute approximate surface area is 100 Å². The Kier molecular flexibility index (Phi) is 6.07. The number of allylic oxidation sites excluding steroid dienone is 1. The van der Waals surface area contributed by atoms with E-state index in [1.165, 1.54) is 12.8 Å². The van der Waals surface area contributed by atoms with Crippen molar-refractivity contribution in [3.05, 3.63) is 12.7 Å². The van der Waals surface area contributed by atoms with E-state index in [0.29, 0.717) is 17.9 Å². The zero-order valence-corrected chi connectivity index (χ0v) is 10.8. The van der Waals surface area contributed by atoms with Crippen molar-refractivity contribution in [3.63, 3.8) is 0 Å². The molecule has 94 valence electrons. The second kappa shape index (κ2) is 7.08.